The lowest BCUT2D eigenvalue weighted by atomic mass is 9.87. The molecule has 4 aromatic rings. The normalized spacial score (nSPS) is 15.1. The number of nitrogens with one attached hydrogen (secondary N) is 1. The van der Waals surface area contributed by atoms with Crippen LogP contribution >= 0.6 is 0 Å². The maximum absolute atomic E-state index is 13.2. The number of benzene rings is 3. The number of amides is 1. The van der Waals surface area contributed by atoms with Crippen LogP contribution in [0.5, 0.6) is 0 Å². The molecule has 36 heavy (non-hydrogen) atoms. The molecule has 1 amide bonds. The summed E-state index contributed by atoms with van der Waals surface area (Å²) in [7, 11) is 0. The number of fused-ring (bicyclic) bond motifs is 1. The van der Waals surface area contributed by atoms with E-state index in [1.54, 1.807) is 0 Å². The number of hydrogen-bond donors (Lipinski definition) is 1. The van der Waals surface area contributed by atoms with Gasteiger partial charge < -0.3 is 14.6 Å². The average Bonchev–Trinajstić information content (AvgIpc) is 3.27. The first-order valence-electron chi connectivity index (χ1n) is 12.9. The van der Waals surface area contributed by atoms with E-state index in [1.807, 2.05) is 6.07 Å². The molecule has 0 spiro atoms. The maximum atomic E-state index is 13.2. The largest absolute Gasteiger partial charge is 0.379 e. The third-order valence-corrected chi connectivity index (χ3v) is 7.11. The summed E-state index contributed by atoms with van der Waals surface area (Å²) in [6.45, 7) is 7.84. The molecule has 1 N–H and O–H groups in total. The topological polar surface area (TPSA) is 46.5 Å². The van der Waals surface area contributed by atoms with Gasteiger partial charge in [-0.1, -0.05) is 78.4 Å². The van der Waals surface area contributed by atoms with Gasteiger partial charge in [-0.15, -0.1) is 0 Å². The van der Waals surface area contributed by atoms with Crippen molar-refractivity contribution in [1.29, 1.82) is 0 Å². The van der Waals surface area contributed by atoms with Crippen LogP contribution in [0.4, 0.5) is 0 Å². The van der Waals surface area contributed by atoms with Crippen molar-refractivity contribution < 1.29 is 9.53 Å². The SMILES string of the molecule is Cc1ccc(C(CC(=O)NCCN2CCOCC2)c2cn(Cc3ccccc3)c3ccccc23)cc1. The number of aryl methyl sites for hydroxylation is 1. The van der Waals surface area contributed by atoms with E-state index < -0.39 is 0 Å². The summed E-state index contributed by atoms with van der Waals surface area (Å²) in [5.41, 5.74) is 6.05. The Labute approximate surface area is 213 Å². The molecule has 1 unspecified atom stereocenters. The molecule has 1 aliphatic rings. The van der Waals surface area contributed by atoms with E-state index in [1.165, 1.54) is 33.2 Å². The second-order valence-corrected chi connectivity index (χ2v) is 9.69. The fraction of sp³-hybridized carbons (Fsp3) is 0.323. The van der Waals surface area contributed by atoms with Gasteiger partial charge in [0.15, 0.2) is 0 Å². The number of ether oxygens (including phenoxy) is 1. The van der Waals surface area contributed by atoms with E-state index in [-0.39, 0.29) is 11.8 Å². The maximum Gasteiger partial charge on any atom is 0.220 e. The van der Waals surface area contributed by atoms with Crippen molar-refractivity contribution in [3.05, 3.63) is 107 Å². The Balaban J connectivity index is 1.41. The molecule has 5 heteroatoms. The minimum Gasteiger partial charge on any atom is -0.379 e. The second-order valence-electron chi connectivity index (χ2n) is 9.69. The number of carbonyl (C=O) groups excluding carboxylic acids is 1. The highest BCUT2D eigenvalue weighted by molar-refractivity contribution is 5.86. The van der Waals surface area contributed by atoms with Gasteiger partial charge in [0.1, 0.15) is 0 Å². The van der Waals surface area contributed by atoms with Crippen LogP contribution in [0.3, 0.4) is 0 Å². The van der Waals surface area contributed by atoms with Gasteiger partial charge in [-0.3, -0.25) is 9.69 Å². The summed E-state index contributed by atoms with van der Waals surface area (Å²) in [5, 5.41) is 4.39. The first-order chi connectivity index (χ1) is 17.7. The first-order valence-corrected chi connectivity index (χ1v) is 12.9. The third-order valence-electron chi connectivity index (χ3n) is 7.11. The van der Waals surface area contributed by atoms with Crippen molar-refractivity contribution in [2.45, 2.75) is 25.8 Å². The Bertz CT molecular complexity index is 1270. The van der Waals surface area contributed by atoms with Crippen LogP contribution in [0.25, 0.3) is 10.9 Å². The van der Waals surface area contributed by atoms with Crippen LogP contribution in [0.2, 0.25) is 0 Å². The number of hydrogen-bond acceptors (Lipinski definition) is 3. The van der Waals surface area contributed by atoms with Crippen molar-refractivity contribution in [3.8, 4) is 0 Å². The molecule has 0 radical (unpaired) electrons. The fourth-order valence-corrected chi connectivity index (χ4v) is 5.11. The molecule has 1 fully saturated rings. The lowest BCUT2D eigenvalue weighted by molar-refractivity contribution is -0.121. The molecule has 2 heterocycles. The molecule has 0 bridgehead atoms. The molecule has 1 saturated heterocycles. The molecule has 1 atom stereocenters. The smallest absolute Gasteiger partial charge is 0.220 e. The Morgan fingerprint density at radius 2 is 1.67 bits per heavy atom. The molecular weight excluding hydrogens is 446 g/mol. The summed E-state index contributed by atoms with van der Waals surface area (Å²) in [4.78, 5) is 15.5. The first kappa shape index (κ1) is 24.3. The zero-order valence-corrected chi connectivity index (χ0v) is 21.0. The number of aromatic nitrogens is 1. The zero-order chi connectivity index (χ0) is 24.7. The minimum atomic E-state index is -0.0177. The molecule has 0 saturated carbocycles. The summed E-state index contributed by atoms with van der Waals surface area (Å²) in [5.74, 6) is 0.0737. The van der Waals surface area contributed by atoms with Crippen LogP contribution in [0.1, 0.15) is 34.6 Å². The predicted octanol–water partition coefficient (Wildman–Crippen LogP) is 4.97. The third kappa shape index (κ3) is 5.86. The van der Waals surface area contributed by atoms with Crippen LogP contribution in [0.15, 0.2) is 85.1 Å². The monoisotopic (exact) mass is 481 g/mol. The molecule has 3 aromatic carbocycles. The molecule has 0 aliphatic carbocycles. The van der Waals surface area contributed by atoms with E-state index >= 15 is 0 Å². The van der Waals surface area contributed by atoms with Crippen LogP contribution in [0, 0.1) is 6.92 Å². The van der Waals surface area contributed by atoms with Crippen molar-refractivity contribution in [1.82, 2.24) is 14.8 Å². The van der Waals surface area contributed by atoms with E-state index in [0.717, 1.165) is 39.4 Å². The van der Waals surface area contributed by atoms with Crippen molar-refractivity contribution >= 4 is 16.8 Å². The summed E-state index contributed by atoms with van der Waals surface area (Å²) < 4.78 is 7.75. The summed E-state index contributed by atoms with van der Waals surface area (Å²) >= 11 is 0. The Kier molecular flexibility index (Phi) is 7.79. The molecule has 1 aromatic heterocycles. The van der Waals surface area contributed by atoms with Gasteiger partial charge in [-0.05, 0) is 29.7 Å². The van der Waals surface area contributed by atoms with Crippen molar-refractivity contribution in [3.63, 3.8) is 0 Å². The van der Waals surface area contributed by atoms with Crippen LogP contribution in [-0.2, 0) is 16.1 Å². The number of carbonyl (C=O) groups is 1. The standard InChI is InChI=1S/C31H35N3O2/c1-24-11-13-26(14-12-24)28(21-31(35)32-15-16-33-17-19-36-20-18-33)29-23-34(22-25-7-3-2-4-8-25)30-10-6-5-9-27(29)30/h2-14,23,28H,15-22H2,1H3,(H,32,35). The van der Waals surface area contributed by atoms with E-state index in [0.29, 0.717) is 13.0 Å². The van der Waals surface area contributed by atoms with Gasteiger partial charge >= 0.3 is 0 Å². The van der Waals surface area contributed by atoms with Gasteiger partial charge in [0.05, 0.1) is 13.2 Å². The minimum absolute atomic E-state index is 0.0177. The van der Waals surface area contributed by atoms with Crippen LogP contribution < -0.4 is 5.32 Å². The van der Waals surface area contributed by atoms with Crippen molar-refractivity contribution in [2.24, 2.45) is 0 Å². The molecule has 5 rings (SSSR count). The highest BCUT2D eigenvalue weighted by Gasteiger charge is 2.23. The average molecular weight is 482 g/mol. The second kappa shape index (κ2) is 11.5. The fourth-order valence-electron chi connectivity index (χ4n) is 5.11. The Morgan fingerprint density at radius 3 is 2.44 bits per heavy atom. The summed E-state index contributed by atoms with van der Waals surface area (Å²) in [6.07, 6.45) is 2.68. The highest BCUT2D eigenvalue weighted by atomic mass is 16.5. The number of rotatable bonds is 9. The van der Waals surface area contributed by atoms with Gasteiger partial charge in [0.2, 0.25) is 5.91 Å². The van der Waals surface area contributed by atoms with E-state index in [4.69, 9.17) is 4.74 Å². The highest BCUT2D eigenvalue weighted by Crippen LogP contribution is 2.35. The zero-order valence-electron chi connectivity index (χ0n) is 21.0. The predicted molar refractivity (Wildman–Crippen MR) is 145 cm³/mol. The molecule has 1 aliphatic heterocycles. The van der Waals surface area contributed by atoms with Gasteiger partial charge in [0.25, 0.3) is 0 Å². The van der Waals surface area contributed by atoms with E-state index in [2.05, 4.69) is 101 Å². The van der Waals surface area contributed by atoms with Gasteiger partial charge in [-0.2, -0.15) is 0 Å². The molecule has 5 nitrogen and oxygen atoms in total. The molecular formula is C31H35N3O2. The number of para-hydroxylation sites is 1. The molecule has 186 valence electrons. The van der Waals surface area contributed by atoms with Gasteiger partial charge in [-0.25, -0.2) is 0 Å². The number of morpholine rings is 1. The Morgan fingerprint density at radius 1 is 0.944 bits per heavy atom. The van der Waals surface area contributed by atoms with Crippen LogP contribution in [-0.4, -0.2) is 54.8 Å². The van der Waals surface area contributed by atoms with Crippen molar-refractivity contribution in [2.75, 3.05) is 39.4 Å². The van der Waals surface area contributed by atoms with E-state index in [9.17, 15) is 4.79 Å². The summed E-state index contributed by atoms with van der Waals surface area (Å²) in [6, 6.07) is 27.7. The Hall–Kier alpha value is -3.41. The number of nitrogens with zero attached hydrogens (tertiary/aromatic N) is 2. The van der Waals surface area contributed by atoms with Gasteiger partial charge in [0, 0.05) is 62.2 Å². The lowest BCUT2D eigenvalue weighted by Crippen LogP contribution is -2.41. The lowest BCUT2D eigenvalue weighted by Gasteiger charge is -2.26. The quantitative estimate of drug-likeness (QED) is 0.367.